The Hall–Kier alpha value is -3.20. The predicted octanol–water partition coefficient (Wildman–Crippen LogP) is 2.00. The Bertz CT molecular complexity index is 1180. The average Bonchev–Trinajstić information content (AvgIpc) is 3.32. The molecule has 2 fully saturated rings. The number of rotatable bonds is 8. The van der Waals surface area contributed by atoms with Gasteiger partial charge in [0.25, 0.3) is 0 Å². The molecule has 0 saturated carbocycles. The molecule has 5 rings (SSSR count). The van der Waals surface area contributed by atoms with Crippen molar-refractivity contribution < 1.29 is 14.3 Å². The summed E-state index contributed by atoms with van der Waals surface area (Å²) in [4.78, 5) is 35.2. The average molecular weight is 490 g/mol. The highest BCUT2D eigenvalue weighted by molar-refractivity contribution is 5.89. The number of carbonyl (C=O) groups is 2. The standard InChI is InChI=1S/C28H35N5O3/c34-27(30-18-22-5-1-2-6-23(22)20-32-13-15-36-16-14-32)21-31-9-11-33(12-10-31)28(35)17-24-19-29-26-8-4-3-7-25(24)26/h1-8,19,29H,9-18,20-21H2,(H,30,34). The minimum Gasteiger partial charge on any atom is -0.379 e. The van der Waals surface area contributed by atoms with Gasteiger partial charge < -0.3 is 19.9 Å². The molecule has 3 aromatic rings. The quantitative estimate of drug-likeness (QED) is 0.506. The number of nitrogens with one attached hydrogen (secondary N) is 2. The van der Waals surface area contributed by atoms with Crippen LogP contribution in [0.4, 0.5) is 0 Å². The maximum absolute atomic E-state index is 12.9. The van der Waals surface area contributed by atoms with Crippen LogP contribution in [0.2, 0.25) is 0 Å². The van der Waals surface area contributed by atoms with E-state index in [0.29, 0.717) is 45.7 Å². The highest BCUT2D eigenvalue weighted by Gasteiger charge is 2.23. The number of hydrogen-bond acceptors (Lipinski definition) is 5. The van der Waals surface area contributed by atoms with Gasteiger partial charge in [-0.3, -0.25) is 19.4 Å². The van der Waals surface area contributed by atoms with Crippen molar-refractivity contribution in [1.82, 2.24) is 25.0 Å². The van der Waals surface area contributed by atoms with Crippen LogP contribution in [0, 0.1) is 0 Å². The van der Waals surface area contributed by atoms with Gasteiger partial charge in [0.1, 0.15) is 0 Å². The van der Waals surface area contributed by atoms with Crippen molar-refractivity contribution in [3.63, 3.8) is 0 Å². The molecule has 2 N–H and O–H groups in total. The number of aromatic nitrogens is 1. The summed E-state index contributed by atoms with van der Waals surface area (Å²) < 4.78 is 5.45. The number of piperazine rings is 1. The molecule has 2 saturated heterocycles. The number of amides is 2. The van der Waals surface area contributed by atoms with E-state index < -0.39 is 0 Å². The lowest BCUT2D eigenvalue weighted by Crippen LogP contribution is -2.51. The molecular formula is C28H35N5O3. The van der Waals surface area contributed by atoms with E-state index in [1.165, 1.54) is 5.56 Å². The SMILES string of the molecule is O=C(CN1CCN(C(=O)Cc2c[nH]c3ccccc23)CC1)NCc1ccccc1CN1CCOCC1. The molecule has 0 bridgehead atoms. The second-order valence-corrected chi connectivity index (χ2v) is 9.63. The maximum Gasteiger partial charge on any atom is 0.234 e. The number of H-pyrrole nitrogens is 1. The van der Waals surface area contributed by atoms with E-state index in [1.807, 2.05) is 41.4 Å². The molecule has 0 spiro atoms. The molecule has 2 aromatic carbocycles. The molecule has 1 aromatic heterocycles. The minimum atomic E-state index is 0.0229. The zero-order valence-corrected chi connectivity index (χ0v) is 20.7. The number of carbonyl (C=O) groups excluding carboxylic acids is 2. The van der Waals surface area contributed by atoms with Gasteiger partial charge in [-0.05, 0) is 22.8 Å². The highest BCUT2D eigenvalue weighted by Crippen LogP contribution is 2.19. The van der Waals surface area contributed by atoms with E-state index in [2.05, 4.69) is 38.3 Å². The summed E-state index contributed by atoms with van der Waals surface area (Å²) in [6.45, 7) is 7.92. The summed E-state index contributed by atoms with van der Waals surface area (Å²) in [5.41, 5.74) is 4.50. The zero-order valence-electron chi connectivity index (χ0n) is 20.7. The van der Waals surface area contributed by atoms with Crippen LogP contribution in [0.5, 0.6) is 0 Å². The minimum absolute atomic E-state index is 0.0229. The van der Waals surface area contributed by atoms with Crippen molar-refractivity contribution in [3.05, 3.63) is 71.4 Å². The maximum atomic E-state index is 12.9. The Morgan fingerprint density at radius 1 is 0.833 bits per heavy atom. The largest absolute Gasteiger partial charge is 0.379 e. The third-order valence-electron chi connectivity index (χ3n) is 7.20. The summed E-state index contributed by atoms with van der Waals surface area (Å²) in [6, 6.07) is 16.4. The van der Waals surface area contributed by atoms with Crippen LogP contribution in [0.15, 0.2) is 54.7 Å². The molecule has 2 aliphatic heterocycles. The van der Waals surface area contributed by atoms with Crippen LogP contribution < -0.4 is 5.32 Å². The first-order valence-electron chi connectivity index (χ1n) is 12.8. The fraction of sp³-hybridized carbons (Fsp3) is 0.429. The van der Waals surface area contributed by atoms with Gasteiger partial charge in [0, 0.05) is 69.5 Å². The van der Waals surface area contributed by atoms with Crippen LogP contribution in [-0.4, -0.2) is 90.5 Å². The monoisotopic (exact) mass is 489 g/mol. The molecule has 3 heterocycles. The molecule has 0 aliphatic carbocycles. The summed E-state index contributed by atoms with van der Waals surface area (Å²) in [5, 5.41) is 4.20. The predicted molar refractivity (Wildman–Crippen MR) is 139 cm³/mol. The number of fused-ring (bicyclic) bond motifs is 1. The van der Waals surface area contributed by atoms with Crippen LogP contribution in [0.25, 0.3) is 10.9 Å². The van der Waals surface area contributed by atoms with Crippen molar-refractivity contribution in [2.45, 2.75) is 19.5 Å². The van der Waals surface area contributed by atoms with Gasteiger partial charge in [0.05, 0.1) is 26.2 Å². The molecule has 36 heavy (non-hydrogen) atoms. The van der Waals surface area contributed by atoms with Crippen molar-refractivity contribution in [1.29, 1.82) is 0 Å². The lowest BCUT2D eigenvalue weighted by molar-refractivity contribution is -0.132. The Balaban J connectivity index is 1.06. The summed E-state index contributed by atoms with van der Waals surface area (Å²) in [6.07, 6.45) is 2.33. The van der Waals surface area contributed by atoms with Gasteiger partial charge in [-0.25, -0.2) is 0 Å². The molecule has 8 nitrogen and oxygen atoms in total. The summed E-state index contributed by atoms with van der Waals surface area (Å²) >= 11 is 0. The van der Waals surface area contributed by atoms with E-state index >= 15 is 0 Å². The Morgan fingerprint density at radius 2 is 1.56 bits per heavy atom. The van der Waals surface area contributed by atoms with E-state index in [-0.39, 0.29) is 11.8 Å². The molecular weight excluding hydrogens is 454 g/mol. The Morgan fingerprint density at radius 3 is 2.36 bits per heavy atom. The highest BCUT2D eigenvalue weighted by atomic mass is 16.5. The molecule has 0 atom stereocenters. The van der Waals surface area contributed by atoms with Gasteiger partial charge >= 0.3 is 0 Å². The van der Waals surface area contributed by atoms with Gasteiger partial charge in [0.2, 0.25) is 11.8 Å². The smallest absolute Gasteiger partial charge is 0.234 e. The molecule has 2 aliphatic rings. The third kappa shape index (κ3) is 6.13. The van der Waals surface area contributed by atoms with E-state index in [0.717, 1.165) is 54.9 Å². The number of aromatic amines is 1. The molecule has 8 heteroatoms. The number of ether oxygens (including phenoxy) is 1. The topological polar surface area (TPSA) is 80.9 Å². The lowest BCUT2D eigenvalue weighted by atomic mass is 10.1. The molecule has 2 amide bonds. The van der Waals surface area contributed by atoms with E-state index in [4.69, 9.17) is 4.74 Å². The van der Waals surface area contributed by atoms with Crippen molar-refractivity contribution >= 4 is 22.7 Å². The number of benzene rings is 2. The van der Waals surface area contributed by atoms with E-state index in [9.17, 15) is 9.59 Å². The second-order valence-electron chi connectivity index (χ2n) is 9.63. The van der Waals surface area contributed by atoms with Crippen LogP contribution in [-0.2, 0) is 33.8 Å². The first-order valence-corrected chi connectivity index (χ1v) is 12.8. The van der Waals surface area contributed by atoms with Gasteiger partial charge in [-0.15, -0.1) is 0 Å². The fourth-order valence-corrected chi connectivity index (χ4v) is 5.05. The van der Waals surface area contributed by atoms with Crippen molar-refractivity contribution in [2.24, 2.45) is 0 Å². The number of para-hydroxylation sites is 1. The van der Waals surface area contributed by atoms with E-state index in [1.54, 1.807) is 0 Å². The van der Waals surface area contributed by atoms with Crippen LogP contribution in [0.3, 0.4) is 0 Å². The van der Waals surface area contributed by atoms with Crippen molar-refractivity contribution in [2.75, 3.05) is 59.0 Å². The summed E-state index contributed by atoms with van der Waals surface area (Å²) in [7, 11) is 0. The molecule has 0 unspecified atom stereocenters. The third-order valence-corrected chi connectivity index (χ3v) is 7.20. The Kier molecular flexibility index (Phi) is 7.95. The zero-order chi connectivity index (χ0) is 24.7. The first-order chi connectivity index (χ1) is 17.7. The van der Waals surface area contributed by atoms with Crippen LogP contribution >= 0.6 is 0 Å². The second kappa shape index (κ2) is 11.7. The lowest BCUT2D eigenvalue weighted by Gasteiger charge is -2.34. The van der Waals surface area contributed by atoms with Gasteiger partial charge in [-0.2, -0.15) is 0 Å². The van der Waals surface area contributed by atoms with Crippen molar-refractivity contribution in [3.8, 4) is 0 Å². The van der Waals surface area contributed by atoms with Gasteiger partial charge in [-0.1, -0.05) is 42.5 Å². The number of hydrogen-bond donors (Lipinski definition) is 2. The molecule has 0 radical (unpaired) electrons. The molecule has 190 valence electrons. The normalized spacial score (nSPS) is 17.4. The van der Waals surface area contributed by atoms with Gasteiger partial charge in [0.15, 0.2) is 0 Å². The Labute approximate surface area is 212 Å². The number of morpholine rings is 1. The summed E-state index contributed by atoms with van der Waals surface area (Å²) in [5.74, 6) is 0.162. The first kappa shape index (κ1) is 24.5. The number of nitrogens with zero attached hydrogens (tertiary/aromatic N) is 3. The van der Waals surface area contributed by atoms with Crippen LogP contribution in [0.1, 0.15) is 16.7 Å². The fourth-order valence-electron chi connectivity index (χ4n) is 5.05.